The van der Waals surface area contributed by atoms with Crippen molar-refractivity contribution < 1.29 is 19.1 Å². The summed E-state index contributed by atoms with van der Waals surface area (Å²) in [4.78, 5) is 57.4. The van der Waals surface area contributed by atoms with Crippen LogP contribution in [0.25, 0.3) is 0 Å². The number of likely N-dealkylation sites (tertiary alicyclic amines) is 1. The van der Waals surface area contributed by atoms with Gasteiger partial charge in [0.25, 0.3) is 11.5 Å². The second-order valence-corrected chi connectivity index (χ2v) is 12.1. The van der Waals surface area contributed by atoms with E-state index >= 15 is 0 Å². The molecule has 3 aliphatic rings. The molecule has 0 spiro atoms. The summed E-state index contributed by atoms with van der Waals surface area (Å²) in [6.45, 7) is 6.28. The molecule has 4 amide bonds. The number of barbiturate groups is 1. The van der Waals surface area contributed by atoms with Gasteiger partial charge in [0.1, 0.15) is 11.2 Å². The molecule has 9 nitrogen and oxygen atoms in total. The average molecular weight is 569 g/mol. The minimum atomic E-state index is -1.53. The van der Waals surface area contributed by atoms with Crippen LogP contribution in [0, 0.1) is 11.3 Å². The molecule has 3 atom stereocenters. The summed E-state index contributed by atoms with van der Waals surface area (Å²) in [6.07, 6.45) is 1.11. The van der Waals surface area contributed by atoms with Crippen molar-refractivity contribution in [1.29, 1.82) is 0 Å². The normalized spacial score (nSPS) is 24.0. The molecule has 1 N–H and O–H groups in total. The van der Waals surface area contributed by atoms with E-state index in [0.717, 1.165) is 22.6 Å². The number of hydrogen-bond acceptors (Lipinski definition) is 6. The van der Waals surface area contributed by atoms with Crippen LogP contribution in [0.1, 0.15) is 48.9 Å². The zero-order valence-electron chi connectivity index (χ0n) is 24.2. The van der Waals surface area contributed by atoms with Gasteiger partial charge in [0.05, 0.1) is 12.8 Å². The van der Waals surface area contributed by atoms with E-state index in [0.29, 0.717) is 37.0 Å². The van der Waals surface area contributed by atoms with E-state index in [1.807, 2.05) is 34.9 Å². The van der Waals surface area contributed by atoms with E-state index in [9.17, 15) is 19.2 Å². The van der Waals surface area contributed by atoms with Crippen molar-refractivity contribution in [3.05, 3.63) is 93.9 Å². The lowest BCUT2D eigenvalue weighted by atomic mass is 9.75. The zero-order valence-corrected chi connectivity index (χ0v) is 24.2. The van der Waals surface area contributed by atoms with E-state index < -0.39 is 23.3 Å². The number of methoxy groups -OCH3 is 1. The van der Waals surface area contributed by atoms with Gasteiger partial charge in [-0.25, -0.2) is 9.69 Å². The van der Waals surface area contributed by atoms with Crippen molar-refractivity contribution in [2.75, 3.05) is 31.6 Å². The number of fused-ring (bicyclic) bond motifs is 4. The lowest BCUT2D eigenvalue weighted by Crippen LogP contribution is -2.68. The molecule has 1 aromatic heterocycles. The number of aromatic nitrogens is 1. The summed E-state index contributed by atoms with van der Waals surface area (Å²) in [6, 6.07) is 19.3. The van der Waals surface area contributed by atoms with Gasteiger partial charge < -0.3 is 14.2 Å². The smallest absolute Gasteiger partial charge is 0.335 e. The summed E-state index contributed by atoms with van der Waals surface area (Å²) in [5, 5.41) is 2.51. The van der Waals surface area contributed by atoms with Gasteiger partial charge in [-0.05, 0) is 66.1 Å². The van der Waals surface area contributed by atoms with Gasteiger partial charge in [0.2, 0.25) is 5.91 Å². The Morgan fingerprint density at radius 3 is 2.36 bits per heavy atom. The first-order chi connectivity index (χ1) is 20.2. The van der Waals surface area contributed by atoms with Gasteiger partial charge in [-0.2, -0.15) is 0 Å². The number of piperidine rings is 1. The standard InChI is InChI=1S/C33H36N4O5/c1-21(2)24-9-7-22(8-10-24)16-33(20-35-17-23-15-25(19-35)28-5-4-6-29(38)36(28)18-23)30(39)34-32(41)37(31(33)40)26-11-13-27(42-3)14-12-26/h4-14,21,23,25H,15-20H2,1-3H3,(H,34,39,41)/t23-,25-,33-/m0/s1. The first-order valence-corrected chi connectivity index (χ1v) is 14.5. The van der Waals surface area contributed by atoms with Crippen molar-refractivity contribution in [3.8, 4) is 5.75 Å². The molecule has 9 heteroatoms. The number of ether oxygens (including phenoxy) is 1. The topological polar surface area (TPSA) is 101 Å². The summed E-state index contributed by atoms with van der Waals surface area (Å²) >= 11 is 0. The minimum absolute atomic E-state index is 0.00690. The van der Waals surface area contributed by atoms with Crippen LogP contribution in [0.2, 0.25) is 0 Å². The van der Waals surface area contributed by atoms with Crippen molar-refractivity contribution in [3.63, 3.8) is 0 Å². The summed E-state index contributed by atoms with van der Waals surface area (Å²) < 4.78 is 7.12. The van der Waals surface area contributed by atoms with Crippen molar-refractivity contribution in [2.45, 2.75) is 45.1 Å². The molecule has 4 heterocycles. The highest BCUT2D eigenvalue weighted by Crippen LogP contribution is 2.39. The van der Waals surface area contributed by atoms with Crippen LogP contribution in [0.4, 0.5) is 10.5 Å². The predicted octanol–water partition coefficient (Wildman–Crippen LogP) is 3.91. The molecule has 0 aliphatic carbocycles. The number of amides is 4. The lowest BCUT2D eigenvalue weighted by molar-refractivity contribution is -0.144. The fraction of sp³-hybridized carbons (Fsp3) is 0.394. The van der Waals surface area contributed by atoms with E-state index in [-0.39, 0.29) is 30.4 Å². The summed E-state index contributed by atoms with van der Waals surface area (Å²) in [5.74, 6) is 0.160. The van der Waals surface area contributed by atoms with Crippen LogP contribution in [-0.4, -0.2) is 54.1 Å². The van der Waals surface area contributed by atoms with Crippen molar-refractivity contribution in [2.24, 2.45) is 11.3 Å². The number of carbonyl (C=O) groups excluding carboxylic acids is 3. The summed E-state index contributed by atoms with van der Waals surface area (Å²) in [5.41, 5.74) is 1.86. The van der Waals surface area contributed by atoms with Crippen LogP contribution in [0.5, 0.6) is 5.75 Å². The highest BCUT2D eigenvalue weighted by Gasteiger charge is 2.55. The Balaban J connectivity index is 1.37. The molecule has 2 saturated heterocycles. The van der Waals surface area contributed by atoms with Crippen LogP contribution >= 0.6 is 0 Å². The molecule has 2 bridgehead atoms. The molecule has 218 valence electrons. The van der Waals surface area contributed by atoms with Crippen LogP contribution in [0.3, 0.4) is 0 Å². The van der Waals surface area contributed by atoms with Gasteiger partial charge in [-0.15, -0.1) is 0 Å². The maximum atomic E-state index is 14.5. The number of anilines is 1. The molecular formula is C33H36N4O5. The van der Waals surface area contributed by atoms with Gasteiger partial charge in [0, 0.05) is 43.9 Å². The molecule has 42 heavy (non-hydrogen) atoms. The Kier molecular flexibility index (Phi) is 7.22. The lowest BCUT2D eigenvalue weighted by Gasteiger charge is -2.47. The van der Waals surface area contributed by atoms with E-state index in [1.165, 1.54) is 5.56 Å². The van der Waals surface area contributed by atoms with E-state index in [2.05, 4.69) is 24.1 Å². The maximum absolute atomic E-state index is 14.5. The fourth-order valence-corrected chi connectivity index (χ4v) is 6.87. The van der Waals surface area contributed by atoms with Crippen molar-refractivity contribution in [1.82, 2.24) is 14.8 Å². The number of nitrogens with one attached hydrogen (secondary N) is 1. The van der Waals surface area contributed by atoms with Gasteiger partial charge in [-0.1, -0.05) is 44.2 Å². The first kappa shape index (κ1) is 27.9. The molecule has 0 saturated carbocycles. The number of urea groups is 1. The number of carbonyl (C=O) groups is 3. The minimum Gasteiger partial charge on any atom is -0.497 e. The van der Waals surface area contributed by atoms with Crippen LogP contribution in [0.15, 0.2) is 71.5 Å². The molecular weight excluding hydrogens is 532 g/mol. The number of hydrogen-bond donors (Lipinski definition) is 1. The number of benzene rings is 2. The maximum Gasteiger partial charge on any atom is 0.335 e. The summed E-state index contributed by atoms with van der Waals surface area (Å²) in [7, 11) is 1.55. The Morgan fingerprint density at radius 2 is 1.67 bits per heavy atom. The Hall–Kier alpha value is -4.24. The SMILES string of the molecule is COc1ccc(N2C(=O)NC(=O)[C@](Cc3ccc(C(C)C)cc3)(CN3C[C@@H]4C[C@@H](C3)c3cccc(=O)n3C4)C2=O)cc1. The van der Waals surface area contributed by atoms with Crippen molar-refractivity contribution >= 4 is 23.5 Å². The fourth-order valence-electron chi connectivity index (χ4n) is 6.87. The number of nitrogens with zero attached hydrogens (tertiary/aromatic N) is 3. The van der Waals surface area contributed by atoms with E-state index in [4.69, 9.17) is 4.74 Å². The molecule has 3 aliphatic heterocycles. The second kappa shape index (κ2) is 10.9. The van der Waals surface area contributed by atoms with Gasteiger partial charge >= 0.3 is 6.03 Å². The highest BCUT2D eigenvalue weighted by atomic mass is 16.5. The number of imide groups is 2. The quantitative estimate of drug-likeness (QED) is 0.434. The number of rotatable bonds is 7. The first-order valence-electron chi connectivity index (χ1n) is 14.5. The molecule has 0 radical (unpaired) electrons. The molecule has 2 fully saturated rings. The zero-order chi connectivity index (χ0) is 29.6. The highest BCUT2D eigenvalue weighted by molar-refractivity contribution is 6.30. The third-order valence-electron chi connectivity index (χ3n) is 9.00. The van der Waals surface area contributed by atoms with Crippen LogP contribution < -0.4 is 20.5 Å². The molecule has 6 rings (SSSR count). The Labute approximate surface area is 245 Å². The van der Waals surface area contributed by atoms with Gasteiger partial charge in [0.15, 0.2) is 0 Å². The number of pyridine rings is 1. The molecule has 3 aromatic rings. The Bertz CT molecular complexity index is 1580. The predicted molar refractivity (Wildman–Crippen MR) is 159 cm³/mol. The largest absolute Gasteiger partial charge is 0.497 e. The molecule has 2 aromatic carbocycles. The second-order valence-electron chi connectivity index (χ2n) is 12.1. The average Bonchev–Trinajstić information content (AvgIpc) is 2.97. The third-order valence-corrected chi connectivity index (χ3v) is 9.00. The Morgan fingerprint density at radius 1 is 0.929 bits per heavy atom. The van der Waals surface area contributed by atoms with Gasteiger partial charge in [-0.3, -0.25) is 19.7 Å². The molecule has 0 unspecified atom stereocenters. The third kappa shape index (κ3) is 4.91. The monoisotopic (exact) mass is 568 g/mol. The van der Waals surface area contributed by atoms with E-state index in [1.54, 1.807) is 43.5 Å². The van der Waals surface area contributed by atoms with Crippen LogP contribution in [-0.2, 0) is 22.6 Å².